The van der Waals surface area contributed by atoms with Crippen LogP contribution in [-0.4, -0.2) is 26.3 Å². The molecule has 0 aromatic heterocycles. The minimum Gasteiger partial charge on any atom is -0.322 e. The summed E-state index contributed by atoms with van der Waals surface area (Å²) in [6.45, 7) is 1.56. The first-order valence-electron chi connectivity index (χ1n) is 7.10. The summed E-state index contributed by atoms with van der Waals surface area (Å²) in [4.78, 5) is 13.3. The second-order valence-electron chi connectivity index (χ2n) is 4.88. The van der Waals surface area contributed by atoms with Crippen LogP contribution in [0.1, 0.15) is 17.3 Å². The molecule has 24 heavy (non-hydrogen) atoms. The summed E-state index contributed by atoms with van der Waals surface area (Å²) in [5.74, 6) is -0.326. The zero-order chi connectivity index (χ0) is 17.7. The molecule has 128 valence electrons. The number of hydrogen-bond acceptors (Lipinski definition) is 4. The van der Waals surface area contributed by atoms with Gasteiger partial charge in [-0.25, -0.2) is 8.42 Å². The molecule has 0 unspecified atom stereocenters. The van der Waals surface area contributed by atoms with E-state index in [-0.39, 0.29) is 11.7 Å². The fourth-order valence-electron chi connectivity index (χ4n) is 1.88. The Morgan fingerprint density at radius 1 is 1.12 bits per heavy atom. The van der Waals surface area contributed by atoms with Gasteiger partial charge in [-0.05, 0) is 55.6 Å². The number of anilines is 2. The number of benzene rings is 2. The summed E-state index contributed by atoms with van der Waals surface area (Å²) in [5, 5.41) is 3.12. The van der Waals surface area contributed by atoms with E-state index in [0.29, 0.717) is 22.0 Å². The zero-order valence-corrected chi connectivity index (χ0v) is 15.6. The van der Waals surface area contributed by atoms with Crippen molar-refractivity contribution < 1.29 is 13.2 Å². The molecule has 2 aromatic rings. The summed E-state index contributed by atoms with van der Waals surface area (Å²) in [5.41, 5.74) is 1.38. The van der Waals surface area contributed by atoms with Crippen LogP contribution in [0.4, 0.5) is 11.4 Å². The lowest BCUT2D eigenvalue weighted by molar-refractivity contribution is 0.102. The van der Waals surface area contributed by atoms with Crippen molar-refractivity contribution in [2.75, 3.05) is 22.0 Å². The van der Waals surface area contributed by atoms with Crippen LogP contribution >= 0.6 is 23.4 Å². The van der Waals surface area contributed by atoms with Gasteiger partial charge in [-0.15, -0.1) is 11.8 Å². The highest BCUT2D eigenvalue weighted by atomic mass is 35.5. The molecule has 0 heterocycles. The Morgan fingerprint density at radius 2 is 1.75 bits per heavy atom. The van der Waals surface area contributed by atoms with Crippen molar-refractivity contribution >= 4 is 50.7 Å². The third-order valence-corrected chi connectivity index (χ3v) is 5.58. The van der Waals surface area contributed by atoms with Crippen molar-refractivity contribution in [2.45, 2.75) is 11.8 Å². The zero-order valence-electron chi connectivity index (χ0n) is 13.2. The summed E-state index contributed by atoms with van der Waals surface area (Å²) < 4.78 is 25.5. The molecular formula is C16H17ClN2O3S2. The molecule has 2 rings (SSSR count). The minimum absolute atomic E-state index is 0.00420. The van der Waals surface area contributed by atoms with Gasteiger partial charge in [-0.2, -0.15) is 0 Å². The molecule has 2 aromatic carbocycles. The van der Waals surface area contributed by atoms with Crippen LogP contribution < -0.4 is 10.0 Å². The van der Waals surface area contributed by atoms with Gasteiger partial charge in [0.25, 0.3) is 5.91 Å². The minimum atomic E-state index is -3.32. The quantitative estimate of drug-likeness (QED) is 0.736. The van der Waals surface area contributed by atoms with E-state index < -0.39 is 10.0 Å². The second-order valence-corrected chi connectivity index (χ2v) is 8.18. The molecular weight excluding hydrogens is 368 g/mol. The fraction of sp³-hybridized carbons (Fsp3) is 0.188. The van der Waals surface area contributed by atoms with Crippen LogP contribution in [0.25, 0.3) is 0 Å². The maximum absolute atomic E-state index is 12.3. The first-order chi connectivity index (χ1) is 11.3. The lowest BCUT2D eigenvalue weighted by Gasteiger charge is -2.10. The Bertz CT molecular complexity index is 837. The standard InChI is InChI=1S/C16H17ClN2O3S2/c1-3-24(21,22)19-12-6-4-11(5-7-12)18-16(20)14-10-13(23-2)8-9-15(14)17/h4-10,19H,3H2,1-2H3,(H,18,20). The molecule has 0 spiro atoms. The predicted molar refractivity (Wildman–Crippen MR) is 101 cm³/mol. The third kappa shape index (κ3) is 4.90. The van der Waals surface area contributed by atoms with Crippen molar-refractivity contribution in [3.8, 4) is 0 Å². The van der Waals surface area contributed by atoms with Crippen LogP contribution in [0.15, 0.2) is 47.4 Å². The van der Waals surface area contributed by atoms with Crippen molar-refractivity contribution in [1.82, 2.24) is 0 Å². The van der Waals surface area contributed by atoms with Crippen molar-refractivity contribution in [1.29, 1.82) is 0 Å². The second kappa shape index (κ2) is 7.92. The summed E-state index contributed by atoms with van der Waals surface area (Å²) in [6.07, 6.45) is 1.92. The fourth-order valence-corrected chi connectivity index (χ4v) is 3.16. The number of hydrogen-bond donors (Lipinski definition) is 2. The van der Waals surface area contributed by atoms with Crippen LogP contribution in [0, 0.1) is 0 Å². The summed E-state index contributed by atoms with van der Waals surface area (Å²) in [6, 6.07) is 11.7. The molecule has 5 nitrogen and oxygen atoms in total. The number of sulfonamides is 1. The number of carbonyl (C=O) groups is 1. The number of halogens is 1. The lowest BCUT2D eigenvalue weighted by atomic mass is 10.2. The van der Waals surface area contributed by atoms with Crippen LogP contribution in [-0.2, 0) is 10.0 Å². The number of carbonyl (C=O) groups excluding carboxylic acids is 1. The number of nitrogens with one attached hydrogen (secondary N) is 2. The first kappa shape index (κ1) is 18.6. The van der Waals surface area contributed by atoms with Gasteiger partial charge >= 0.3 is 0 Å². The summed E-state index contributed by atoms with van der Waals surface area (Å²) >= 11 is 7.60. The maximum Gasteiger partial charge on any atom is 0.257 e. The SMILES string of the molecule is CCS(=O)(=O)Nc1ccc(NC(=O)c2cc(SC)ccc2Cl)cc1. The number of amides is 1. The van der Waals surface area contributed by atoms with E-state index in [1.807, 2.05) is 12.3 Å². The number of thioether (sulfide) groups is 1. The van der Waals surface area contributed by atoms with E-state index in [1.54, 1.807) is 43.3 Å². The van der Waals surface area contributed by atoms with E-state index in [0.717, 1.165) is 4.90 Å². The average Bonchev–Trinajstić information content (AvgIpc) is 2.57. The topological polar surface area (TPSA) is 75.3 Å². The normalized spacial score (nSPS) is 11.1. The van der Waals surface area contributed by atoms with Crippen LogP contribution in [0.5, 0.6) is 0 Å². The predicted octanol–water partition coefficient (Wildman–Crippen LogP) is 4.08. The van der Waals surface area contributed by atoms with Crippen molar-refractivity contribution in [2.24, 2.45) is 0 Å². The van der Waals surface area contributed by atoms with Gasteiger partial charge in [-0.3, -0.25) is 9.52 Å². The smallest absolute Gasteiger partial charge is 0.257 e. The highest BCUT2D eigenvalue weighted by Crippen LogP contribution is 2.24. The molecule has 0 aliphatic heterocycles. The molecule has 0 radical (unpaired) electrons. The van der Waals surface area contributed by atoms with E-state index in [9.17, 15) is 13.2 Å². The molecule has 0 saturated carbocycles. The van der Waals surface area contributed by atoms with E-state index in [2.05, 4.69) is 10.0 Å². The molecule has 0 aliphatic rings. The largest absolute Gasteiger partial charge is 0.322 e. The molecule has 0 saturated heterocycles. The third-order valence-electron chi connectivity index (χ3n) is 3.21. The highest BCUT2D eigenvalue weighted by molar-refractivity contribution is 7.98. The molecule has 0 bridgehead atoms. The van der Waals surface area contributed by atoms with Gasteiger partial charge in [0.05, 0.1) is 16.3 Å². The average molecular weight is 385 g/mol. The molecule has 0 atom stereocenters. The van der Waals surface area contributed by atoms with Gasteiger partial charge in [0, 0.05) is 16.3 Å². The Hall–Kier alpha value is -1.70. The molecule has 1 amide bonds. The van der Waals surface area contributed by atoms with E-state index in [1.165, 1.54) is 11.8 Å². The Labute approximate surface area is 150 Å². The monoisotopic (exact) mass is 384 g/mol. The van der Waals surface area contributed by atoms with E-state index >= 15 is 0 Å². The summed E-state index contributed by atoms with van der Waals surface area (Å²) in [7, 11) is -3.32. The van der Waals surface area contributed by atoms with Crippen molar-refractivity contribution in [3.05, 3.63) is 53.1 Å². The molecule has 2 N–H and O–H groups in total. The van der Waals surface area contributed by atoms with Gasteiger partial charge in [0.2, 0.25) is 10.0 Å². The molecule has 0 fully saturated rings. The van der Waals surface area contributed by atoms with Gasteiger partial charge in [0.15, 0.2) is 0 Å². The van der Waals surface area contributed by atoms with Crippen LogP contribution in [0.2, 0.25) is 5.02 Å². The first-order valence-corrected chi connectivity index (χ1v) is 10.4. The van der Waals surface area contributed by atoms with Gasteiger partial charge in [-0.1, -0.05) is 11.6 Å². The molecule has 0 aliphatic carbocycles. The Balaban J connectivity index is 2.12. The van der Waals surface area contributed by atoms with Crippen molar-refractivity contribution in [3.63, 3.8) is 0 Å². The molecule has 8 heteroatoms. The van der Waals surface area contributed by atoms with Crippen LogP contribution in [0.3, 0.4) is 0 Å². The highest BCUT2D eigenvalue weighted by Gasteiger charge is 2.12. The lowest BCUT2D eigenvalue weighted by Crippen LogP contribution is -2.15. The Kier molecular flexibility index (Phi) is 6.15. The van der Waals surface area contributed by atoms with Gasteiger partial charge < -0.3 is 5.32 Å². The maximum atomic E-state index is 12.3. The van der Waals surface area contributed by atoms with E-state index in [4.69, 9.17) is 11.6 Å². The van der Waals surface area contributed by atoms with Gasteiger partial charge in [0.1, 0.15) is 0 Å². The Morgan fingerprint density at radius 3 is 2.33 bits per heavy atom. The number of rotatable bonds is 6.